The topological polar surface area (TPSA) is 86.0 Å². The lowest BCUT2D eigenvalue weighted by Crippen LogP contribution is -2.50. The summed E-state index contributed by atoms with van der Waals surface area (Å²) in [6.45, 7) is 0. The van der Waals surface area contributed by atoms with Gasteiger partial charge in [0.1, 0.15) is 11.3 Å². The van der Waals surface area contributed by atoms with Crippen molar-refractivity contribution < 1.29 is 23.8 Å². The molecule has 1 aliphatic rings. The first-order chi connectivity index (χ1) is 12.0. The van der Waals surface area contributed by atoms with Crippen LogP contribution in [0.25, 0.3) is 11.0 Å². The van der Waals surface area contributed by atoms with Crippen molar-refractivity contribution in [1.82, 2.24) is 0 Å². The fourth-order valence-electron chi connectivity index (χ4n) is 3.18. The van der Waals surface area contributed by atoms with Crippen molar-refractivity contribution in [2.24, 2.45) is 0 Å². The number of carbonyl (C=O) groups is 1. The van der Waals surface area contributed by atoms with E-state index in [1.54, 1.807) is 24.3 Å². The van der Waals surface area contributed by atoms with Crippen molar-refractivity contribution in [2.75, 3.05) is 7.11 Å². The molecule has 3 aromatic rings. The summed E-state index contributed by atoms with van der Waals surface area (Å²) in [5.41, 5.74) is 0.881. The third-order valence-corrected chi connectivity index (χ3v) is 5.05. The molecule has 0 aliphatic carbocycles. The van der Waals surface area contributed by atoms with Gasteiger partial charge in [0, 0.05) is 12.3 Å². The molecule has 0 saturated heterocycles. The molecule has 7 heteroatoms. The summed E-state index contributed by atoms with van der Waals surface area (Å²) >= 11 is 1.46. The molecule has 0 bridgehead atoms. The van der Waals surface area contributed by atoms with Gasteiger partial charge in [0.15, 0.2) is 0 Å². The minimum Gasteiger partial charge on any atom is -0.464 e. The van der Waals surface area contributed by atoms with Gasteiger partial charge < -0.3 is 19.0 Å². The van der Waals surface area contributed by atoms with E-state index in [1.807, 2.05) is 16.8 Å². The van der Waals surface area contributed by atoms with Crippen molar-refractivity contribution in [3.8, 4) is 5.75 Å². The van der Waals surface area contributed by atoms with E-state index < -0.39 is 23.3 Å². The normalized spacial score (nSPS) is 22.2. The summed E-state index contributed by atoms with van der Waals surface area (Å²) in [6, 6.07) is 8.67. The standard InChI is InChI=1S/C18H14O6S/c1-22-17(20)18(21)8-12(10-6-7-25-9-10)14-15(24-18)11-4-2-3-5-13(11)23-16(14)19/h2-7,9,12,21H,8H2,1H3. The Morgan fingerprint density at radius 2 is 2.16 bits per heavy atom. The molecule has 0 fully saturated rings. The summed E-state index contributed by atoms with van der Waals surface area (Å²) in [6.07, 6.45) is -0.132. The summed E-state index contributed by atoms with van der Waals surface area (Å²) < 4.78 is 15.7. The molecule has 25 heavy (non-hydrogen) atoms. The Hall–Kier alpha value is -2.64. The molecule has 1 aromatic carbocycles. The molecule has 3 heterocycles. The average molecular weight is 358 g/mol. The number of para-hydroxylation sites is 1. The Labute approximate surface area is 146 Å². The maximum Gasteiger partial charge on any atom is 0.379 e. The van der Waals surface area contributed by atoms with E-state index in [1.165, 1.54) is 18.4 Å². The number of hydrogen-bond donors (Lipinski definition) is 1. The van der Waals surface area contributed by atoms with Crippen LogP contribution < -0.4 is 10.4 Å². The largest absolute Gasteiger partial charge is 0.464 e. The fraction of sp³-hybridized carbons (Fsp3) is 0.222. The van der Waals surface area contributed by atoms with E-state index in [-0.39, 0.29) is 12.2 Å². The first-order valence-electron chi connectivity index (χ1n) is 7.61. The zero-order valence-corrected chi connectivity index (χ0v) is 14.0. The van der Waals surface area contributed by atoms with E-state index >= 15 is 0 Å². The van der Waals surface area contributed by atoms with Gasteiger partial charge in [-0.1, -0.05) is 12.1 Å². The van der Waals surface area contributed by atoms with Crippen LogP contribution in [0, 0.1) is 0 Å². The lowest BCUT2D eigenvalue weighted by atomic mass is 9.84. The molecule has 2 unspecified atom stereocenters. The van der Waals surface area contributed by atoms with E-state index in [9.17, 15) is 14.7 Å². The molecular weight excluding hydrogens is 344 g/mol. The van der Waals surface area contributed by atoms with Crippen LogP contribution in [0.1, 0.15) is 23.5 Å². The molecule has 2 aromatic heterocycles. The highest BCUT2D eigenvalue weighted by Gasteiger charge is 2.49. The van der Waals surface area contributed by atoms with Crippen molar-refractivity contribution in [1.29, 1.82) is 0 Å². The van der Waals surface area contributed by atoms with Gasteiger partial charge >= 0.3 is 17.4 Å². The number of methoxy groups -OCH3 is 1. The lowest BCUT2D eigenvalue weighted by Gasteiger charge is -2.35. The third kappa shape index (κ3) is 2.43. The zero-order chi connectivity index (χ0) is 17.6. The van der Waals surface area contributed by atoms with Crippen LogP contribution in [0.5, 0.6) is 5.75 Å². The van der Waals surface area contributed by atoms with Gasteiger partial charge in [0.25, 0.3) is 0 Å². The highest BCUT2D eigenvalue weighted by Crippen LogP contribution is 2.45. The predicted octanol–water partition coefficient (Wildman–Crippen LogP) is 2.63. The van der Waals surface area contributed by atoms with E-state index in [4.69, 9.17) is 13.9 Å². The number of fused-ring (bicyclic) bond motifs is 3. The molecule has 0 amide bonds. The molecule has 0 spiro atoms. The molecule has 0 saturated carbocycles. The number of benzene rings is 1. The van der Waals surface area contributed by atoms with Crippen LogP contribution in [0.2, 0.25) is 0 Å². The van der Waals surface area contributed by atoms with Crippen LogP contribution in [0.3, 0.4) is 0 Å². The number of ether oxygens (including phenoxy) is 2. The Balaban J connectivity index is 2.02. The second-order valence-corrected chi connectivity index (χ2v) is 6.60. The molecule has 6 nitrogen and oxygen atoms in total. The fourth-order valence-corrected chi connectivity index (χ4v) is 3.89. The van der Waals surface area contributed by atoms with Crippen molar-refractivity contribution in [3.05, 3.63) is 62.6 Å². The number of carbonyl (C=O) groups excluding carboxylic acids is 1. The van der Waals surface area contributed by atoms with Gasteiger partial charge in [-0.3, -0.25) is 0 Å². The second-order valence-electron chi connectivity index (χ2n) is 5.82. The van der Waals surface area contributed by atoms with E-state index in [0.29, 0.717) is 16.5 Å². The number of thiophene rings is 1. The van der Waals surface area contributed by atoms with Gasteiger partial charge in [0.05, 0.1) is 18.1 Å². The molecular formula is C18H14O6S. The third-order valence-electron chi connectivity index (χ3n) is 4.35. The van der Waals surface area contributed by atoms with Crippen LogP contribution in [0.15, 0.2) is 50.3 Å². The number of hydrogen-bond acceptors (Lipinski definition) is 7. The quantitative estimate of drug-likeness (QED) is 0.560. The van der Waals surface area contributed by atoms with Crippen LogP contribution in [-0.2, 0) is 9.53 Å². The maximum atomic E-state index is 12.6. The maximum absolute atomic E-state index is 12.6. The summed E-state index contributed by atoms with van der Waals surface area (Å²) in [7, 11) is 1.18. The smallest absolute Gasteiger partial charge is 0.379 e. The predicted molar refractivity (Wildman–Crippen MR) is 90.9 cm³/mol. The number of aliphatic hydroxyl groups is 1. The van der Waals surface area contributed by atoms with E-state index in [0.717, 1.165) is 5.56 Å². The summed E-state index contributed by atoms with van der Waals surface area (Å²) in [5.74, 6) is -3.47. The summed E-state index contributed by atoms with van der Waals surface area (Å²) in [5, 5.41) is 15.0. The minimum atomic E-state index is -2.18. The average Bonchev–Trinajstić information content (AvgIpc) is 3.15. The first kappa shape index (κ1) is 15.9. The van der Waals surface area contributed by atoms with Crippen LogP contribution in [0.4, 0.5) is 0 Å². The lowest BCUT2D eigenvalue weighted by molar-refractivity contribution is -0.202. The van der Waals surface area contributed by atoms with Crippen LogP contribution >= 0.6 is 11.3 Å². The van der Waals surface area contributed by atoms with Gasteiger partial charge in [-0.15, -0.1) is 0 Å². The van der Waals surface area contributed by atoms with Gasteiger partial charge in [-0.05, 0) is 34.5 Å². The monoisotopic (exact) mass is 358 g/mol. The van der Waals surface area contributed by atoms with Crippen LogP contribution in [-0.4, -0.2) is 24.0 Å². The van der Waals surface area contributed by atoms with Gasteiger partial charge in [-0.25, -0.2) is 9.59 Å². The molecule has 1 N–H and O–H groups in total. The Morgan fingerprint density at radius 1 is 1.36 bits per heavy atom. The molecule has 2 atom stereocenters. The van der Waals surface area contributed by atoms with Gasteiger partial charge in [-0.2, -0.15) is 11.3 Å². The molecule has 128 valence electrons. The molecule has 4 rings (SSSR count). The minimum absolute atomic E-state index is 0.132. The van der Waals surface area contributed by atoms with Crippen molar-refractivity contribution in [2.45, 2.75) is 18.1 Å². The van der Waals surface area contributed by atoms with Gasteiger partial charge in [0.2, 0.25) is 0 Å². The Bertz CT molecular complexity index is 1010. The molecule has 1 aliphatic heterocycles. The Morgan fingerprint density at radius 3 is 2.88 bits per heavy atom. The molecule has 0 radical (unpaired) electrons. The summed E-state index contributed by atoms with van der Waals surface area (Å²) in [4.78, 5) is 24.7. The van der Waals surface area contributed by atoms with Crippen molar-refractivity contribution in [3.63, 3.8) is 0 Å². The zero-order valence-electron chi connectivity index (χ0n) is 13.2. The second kappa shape index (κ2) is 5.72. The first-order valence-corrected chi connectivity index (χ1v) is 8.55. The van der Waals surface area contributed by atoms with Crippen molar-refractivity contribution >= 4 is 28.3 Å². The highest BCUT2D eigenvalue weighted by atomic mass is 32.1. The highest BCUT2D eigenvalue weighted by molar-refractivity contribution is 7.08. The van der Waals surface area contributed by atoms with E-state index in [2.05, 4.69) is 0 Å². The SMILES string of the molecule is COC(=O)C1(O)CC(c2ccsc2)c2c(c3ccccc3oc2=O)O1. The number of rotatable bonds is 2. The Kier molecular flexibility index (Phi) is 3.63. The number of esters is 1.